The Hall–Kier alpha value is -1.36. The molecule has 0 aromatic carbocycles. The van der Waals surface area contributed by atoms with E-state index in [1.165, 1.54) is 0 Å². The van der Waals surface area contributed by atoms with Gasteiger partial charge in [-0.2, -0.15) is 0 Å². The number of H-pyrrole nitrogens is 1. The maximum absolute atomic E-state index is 11.7. The van der Waals surface area contributed by atoms with Gasteiger partial charge in [0.1, 0.15) is 0 Å². The predicted octanol–water partition coefficient (Wildman–Crippen LogP) is 1.66. The normalized spacial score (nSPS) is 23.2. The molecule has 0 amide bonds. The van der Waals surface area contributed by atoms with E-state index in [1.54, 1.807) is 6.33 Å². The van der Waals surface area contributed by atoms with Crippen LogP contribution in [0.3, 0.4) is 0 Å². The molecule has 1 saturated carbocycles. The molecule has 2 N–H and O–H groups in total. The molecule has 2 unspecified atom stereocenters. The van der Waals surface area contributed by atoms with Gasteiger partial charge >= 0.3 is 5.97 Å². The Morgan fingerprint density at radius 2 is 2.47 bits per heavy atom. The Bertz CT molecular complexity index is 378. The van der Waals surface area contributed by atoms with Gasteiger partial charge in [0.05, 0.1) is 18.9 Å². The SMILES string of the molecule is CCOC(=O)C1CCCC(NCCc2cnc[nH]2)C1. The number of carbonyl (C=O) groups is 1. The molecule has 0 aliphatic heterocycles. The first-order chi connectivity index (χ1) is 9.29. The van der Waals surface area contributed by atoms with Crippen molar-refractivity contribution in [2.75, 3.05) is 13.2 Å². The van der Waals surface area contributed by atoms with Crippen LogP contribution in [0.1, 0.15) is 38.3 Å². The fraction of sp³-hybridized carbons (Fsp3) is 0.714. The number of hydrogen-bond acceptors (Lipinski definition) is 4. The molecule has 0 bridgehead atoms. The van der Waals surface area contributed by atoms with Crippen molar-refractivity contribution in [2.24, 2.45) is 5.92 Å². The van der Waals surface area contributed by atoms with Gasteiger partial charge in [-0.1, -0.05) is 6.42 Å². The highest BCUT2D eigenvalue weighted by molar-refractivity contribution is 5.72. The zero-order chi connectivity index (χ0) is 13.5. The van der Waals surface area contributed by atoms with Crippen LogP contribution < -0.4 is 5.32 Å². The Labute approximate surface area is 114 Å². The molecule has 1 fully saturated rings. The average Bonchev–Trinajstić information content (AvgIpc) is 2.93. The summed E-state index contributed by atoms with van der Waals surface area (Å²) in [5.41, 5.74) is 1.14. The molecular weight excluding hydrogens is 242 g/mol. The molecule has 2 rings (SSSR count). The molecule has 19 heavy (non-hydrogen) atoms. The molecule has 1 aliphatic carbocycles. The summed E-state index contributed by atoms with van der Waals surface area (Å²) in [6.45, 7) is 3.26. The second-order valence-electron chi connectivity index (χ2n) is 5.09. The third kappa shape index (κ3) is 4.35. The van der Waals surface area contributed by atoms with Crippen LogP contribution in [-0.4, -0.2) is 35.1 Å². The third-order valence-corrected chi connectivity index (χ3v) is 3.68. The van der Waals surface area contributed by atoms with E-state index in [9.17, 15) is 4.79 Å². The van der Waals surface area contributed by atoms with Gasteiger partial charge in [0.15, 0.2) is 0 Å². The number of carbonyl (C=O) groups excluding carboxylic acids is 1. The molecule has 5 heteroatoms. The summed E-state index contributed by atoms with van der Waals surface area (Å²) >= 11 is 0. The number of ether oxygens (including phenoxy) is 1. The average molecular weight is 265 g/mol. The van der Waals surface area contributed by atoms with Crippen LogP contribution in [0, 0.1) is 5.92 Å². The molecule has 0 saturated heterocycles. The molecular formula is C14H23N3O2. The lowest BCUT2D eigenvalue weighted by atomic mass is 9.85. The van der Waals surface area contributed by atoms with E-state index in [-0.39, 0.29) is 11.9 Å². The quantitative estimate of drug-likeness (QED) is 0.768. The van der Waals surface area contributed by atoms with E-state index in [1.807, 2.05) is 13.1 Å². The van der Waals surface area contributed by atoms with Gasteiger partial charge in [-0.3, -0.25) is 4.79 Å². The fourth-order valence-electron chi connectivity index (χ4n) is 2.68. The summed E-state index contributed by atoms with van der Waals surface area (Å²) in [6, 6.07) is 0.436. The first kappa shape index (κ1) is 14.1. The number of rotatable bonds is 6. The van der Waals surface area contributed by atoms with Gasteiger partial charge in [0.2, 0.25) is 0 Å². The number of nitrogens with one attached hydrogen (secondary N) is 2. The minimum absolute atomic E-state index is 0.0254. The van der Waals surface area contributed by atoms with Gasteiger partial charge in [0.25, 0.3) is 0 Å². The first-order valence-electron chi connectivity index (χ1n) is 7.17. The van der Waals surface area contributed by atoms with Gasteiger partial charge in [-0.15, -0.1) is 0 Å². The Kier molecular flexibility index (Phi) is 5.39. The van der Waals surface area contributed by atoms with E-state index in [2.05, 4.69) is 15.3 Å². The Morgan fingerprint density at radius 1 is 1.58 bits per heavy atom. The summed E-state index contributed by atoms with van der Waals surface area (Å²) in [6.07, 6.45) is 8.63. The van der Waals surface area contributed by atoms with E-state index in [0.717, 1.165) is 44.3 Å². The highest BCUT2D eigenvalue weighted by Crippen LogP contribution is 2.25. The van der Waals surface area contributed by atoms with Crippen LogP contribution in [0.25, 0.3) is 0 Å². The van der Waals surface area contributed by atoms with E-state index in [4.69, 9.17) is 4.74 Å². The first-order valence-corrected chi connectivity index (χ1v) is 7.17. The number of aromatic amines is 1. The third-order valence-electron chi connectivity index (χ3n) is 3.68. The predicted molar refractivity (Wildman–Crippen MR) is 72.7 cm³/mol. The van der Waals surface area contributed by atoms with Crippen LogP contribution in [0.2, 0.25) is 0 Å². The zero-order valence-electron chi connectivity index (χ0n) is 11.5. The maximum atomic E-state index is 11.7. The van der Waals surface area contributed by atoms with Gasteiger partial charge in [-0.25, -0.2) is 4.98 Å². The van der Waals surface area contributed by atoms with Gasteiger partial charge < -0.3 is 15.0 Å². The second kappa shape index (κ2) is 7.28. The number of aromatic nitrogens is 2. The summed E-state index contributed by atoms with van der Waals surface area (Å²) in [5, 5.41) is 3.53. The van der Waals surface area contributed by atoms with Crippen molar-refractivity contribution in [3.05, 3.63) is 18.2 Å². The van der Waals surface area contributed by atoms with Gasteiger partial charge in [0, 0.05) is 30.9 Å². The highest BCUT2D eigenvalue weighted by Gasteiger charge is 2.27. The Balaban J connectivity index is 1.70. The minimum Gasteiger partial charge on any atom is -0.466 e. The smallest absolute Gasteiger partial charge is 0.308 e. The molecule has 5 nitrogen and oxygen atoms in total. The monoisotopic (exact) mass is 265 g/mol. The van der Waals surface area contributed by atoms with Crippen LogP contribution in [0.15, 0.2) is 12.5 Å². The molecule has 1 aliphatic rings. The molecule has 0 radical (unpaired) electrons. The standard InChI is InChI=1S/C14H23N3O2/c1-2-19-14(18)11-4-3-5-12(8-11)16-7-6-13-9-15-10-17-13/h9-12,16H,2-8H2,1H3,(H,15,17). The van der Waals surface area contributed by atoms with Gasteiger partial charge in [-0.05, 0) is 26.2 Å². The van der Waals surface area contributed by atoms with Crippen LogP contribution in [0.5, 0.6) is 0 Å². The second-order valence-corrected chi connectivity index (χ2v) is 5.09. The van der Waals surface area contributed by atoms with Crippen LogP contribution in [-0.2, 0) is 16.0 Å². The summed E-state index contributed by atoms with van der Waals surface area (Å²) in [7, 11) is 0. The van der Waals surface area contributed by atoms with Crippen molar-refractivity contribution in [2.45, 2.75) is 45.1 Å². The molecule has 106 valence electrons. The van der Waals surface area contributed by atoms with Crippen molar-refractivity contribution in [1.29, 1.82) is 0 Å². The van der Waals surface area contributed by atoms with Crippen molar-refractivity contribution < 1.29 is 9.53 Å². The summed E-state index contributed by atoms with van der Waals surface area (Å²) < 4.78 is 5.11. The lowest BCUT2D eigenvalue weighted by Gasteiger charge is -2.28. The largest absolute Gasteiger partial charge is 0.466 e. The highest BCUT2D eigenvalue weighted by atomic mass is 16.5. The van der Waals surface area contributed by atoms with E-state index < -0.39 is 0 Å². The molecule has 2 atom stereocenters. The lowest BCUT2D eigenvalue weighted by molar-refractivity contribution is -0.149. The number of imidazole rings is 1. The minimum atomic E-state index is -0.0254. The zero-order valence-corrected chi connectivity index (χ0v) is 11.5. The van der Waals surface area contributed by atoms with Crippen molar-refractivity contribution in [3.8, 4) is 0 Å². The Morgan fingerprint density at radius 3 is 3.21 bits per heavy atom. The van der Waals surface area contributed by atoms with Crippen LogP contribution in [0.4, 0.5) is 0 Å². The maximum Gasteiger partial charge on any atom is 0.308 e. The number of nitrogens with zero attached hydrogens (tertiary/aromatic N) is 1. The van der Waals surface area contributed by atoms with Crippen molar-refractivity contribution >= 4 is 5.97 Å². The number of hydrogen-bond donors (Lipinski definition) is 2. The molecule has 0 spiro atoms. The lowest BCUT2D eigenvalue weighted by Crippen LogP contribution is -2.37. The molecule has 1 heterocycles. The summed E-state index contributed by atoms with van der Waals surface area (Å²) in [5.74, 6) is 0.0564. The fourth-order valence-corrected chi connectivity index (χ4v) is 2.68. The van der Waals surface area contributed by atoms with Crippen LogP contribution >= 0.6 is 0 Å². The molecule has 1 aromatic heterocycles. The van der Waals surface area contributed by atoms with E-state index in [0.29, 0.717) is 12.6 Å². The van der Waals surface area contributed by atoms with Crippen molar-refractivity contribution in [3.63, 3.8) is 0 Å². The topological polar surface area (TPSA) is 67.0 Å². The van der Waals surface area contributed by atoms with Crippen molar-refractivity contribution in [1.82, 2.24) is 15.3 Å². The number of esters is 1. The van der Waals surface area contributed by atoms with E-state index >= 15 is 0 Å². The molecule has 1 aromatic rings. The summed E-state index contributed by atoms with van der Waals surface area (Å²) in [4.78, 5) is 18.8.